The van der Waals surface area contributed by atoms with Crippen LogP contribution in [0.25, 0.3) is 11.1 Å². The Morgan fingerprint density at radius 1 is 1.04 bits per heavy atom. The number of nitrogens with zero attached hydrogens (tertiary/aromatic N) is 1. The Hall–Kier alpha value is -2.22. The lowest BCUT2D eigenvalue weighted by atomic mass is 9.92. The van der Waals surface area contributed by atoms with Crippen molar-refractivity contribution in [2.75, 3.05) is 18.8 Å². The molecule has 0 unspecified atom stereocenters. The van der Waals surface area contributed by atoms with Crippen LogP contribution in [0.1, 0.15) is 11.5 Å². The number of hydrogen-bond donors (Lipinski definition) is 2. The van der Waals surface area contributed by atoms with Crippen LogP contribution in [0.4, 0.5) is 0 Å². The molecule has 2 N–H and O–H groups in total. The summed E-state index contributed by atoms with van der Waals surface area (Å²) in [6.45, 7) is 0.706. The van der Waals surface area contributed by atoms with E-state index < -0.39 is 21.7 Å². The molecule has 0 saturated carbocycles. The van der Waals surface area contributed by atoms with Crippen LogP contribution in [0.2, 0.25) is 0 Å². The monoisotopic (exact) mass is 346 g/mol. The van der Waals surface area contributed by atoms with Gasteiger partial charge in [-0.3, -0.25) is 10.0 Å². The molecule has 1 amide bonds. The first-order valence-electron chi connectivity index (χ1n) is 7.56. The molecule has 0 aliphatic carbocycles. The Balaban J connectivity index is 1.63. The number of amides is 1. The molecule has 24 heavy (non-hydrogen) atoms. The predicted octanol–water partition coefficient (Wildman–Crippen LogP) is 1.59. The van der Waals surface area contributed by atoms with Crippen LogP contribution in [0.15, 0.2) is 54.6 Å². The van der Waals surface area contributed by atoms with Crippen LogP contribution in [0, 0.1) is 0 Å². The van der Waals surface area contributed by atoms with Gasteiger partial charge in [-0.15, -0.1) is 0 Å². The number of carbonyl (C=O) groups is 1. The van der Waals surface area contributed by atoms with E-state index in [9.17, 15) is 13.2 Å². The predicted molar refractivity (Wildman–Crippen MR) is 89.9 cm³/mol. The summed E-state index contributed by atoms with van der Waals surface area (Å²) in [5.41, 5.74) is 4.67. The second kappa shape index (κ2) is 6.72. The SMILES string of the molecule is O=C(CS(=O)(=O)N1CC(c2ccc(-c3ccccc3)cc2)C1)NO. The lowest BCUT2D eigenvalue weighted by molar-refractivity contribution is -0.126. The topological polar surface area (TPSA) is 86.7 Å². The van der Waals surface area contributed by atoms with Gasteiger partial charge in [-0.25, -0.2) is 18.2 Å². The third kappa shape index (κ3) is 3.48. The van der Waals surface area contributed by atoms with Gasteiger partial charge in [0.15, 0.2) is 0 Å². The van der Waals surface area contributed by atoms with Crippen LogP contribution in [0.5, 0.6) is 0 Å². The summed E-state index contributed by atoms with van der Waals surface area (Å²) >= 11 is 0. The smallest absolute Gasteiger partial charge is 0.259 e. The average Bonchev–Trinajstić information content (AvgIpc) is 2.54. The summed E-state index contributed by atoms with van der Waals surface area (Å²) in [6, 6.07) is 18.1. The van der Waals surface area contributed by atoms with E-state index in [1.165, 1.54) is 9.79 Å². The summed E-state index contributed by atoms with van der Waals surface area (Å²) in [7, 11) is -3.67. The molecule has 2 aromatic rings. The van der Waals surface area contributed by atoms with E-state index in [0.717, 1.165) is 16.7 Å². The number of rotatable bonds is 5. The third-order valence-corrected chi connectivity index (χ3v) is 5.88. The molecule has 126 valence electrons. The molecule has 7 heteroatoms. The van der Waals surface area contributed by atoms with E-state index in [1.807, 2.05) is 54.6 Å². The average molecular weight is 346 g/mol. The lowest BCUT2D eigenvalue weighted by Gasteiger charge is -2.38. The van der Waals surface area contributed by atoms with E-state index in [-0.39, 0.29) is 5.92 Å². The maximum Gasteiger partial charge on any atom is 0.259 e. The van der Waals surface area contributed by atoms with Gasteiger partial charge in [0.2, 0.25) is 10.0 Å². The molecule has 0 aromatic heterocycles. The van der Waals surface area contributed by atoms with Crippen LogP contribution >= 0.6 is 0 Å². The first-order chi connectivity index (χ1) is 11.5. The fraction of sp³-hybridized carbons (Fsp3) is 0.235. The van der Waals surface area contributed by atoms with Gasteiger partial charge >= 0.3 is 0 Å². The Kier molecular flexibility index (Phi) is 4.66. The summed E-state index contributed by atoms with van der Waals surface area (Å²) in [6.07, 6.45) is 0. The van der Waals surface area contributed by atoms with E-state index >= 15 is 0 Å². The van der Waals surface area contributed by atoms with Crippen molar-refractivity contribution < 1.29 is 18.4 Å². The van der Waals surface area contributed by atoms with Gasteiger partial charge in [0.25, 0.3) is 5.91 Å². The quantitative estimate of drug-likeness (QED) is 0.636. The van der Waals surface area contributed by atoms with Crippen LogP contribution in [-0.4, -0.2) is 42.7 Å². The summed E-state index contributed by atoms with van der Waals surface area (Å²) in [5.74, 6) is -1.53. The van der Waals surface area contributed by atoms with Gasteiger partial charge in [-0.05, 0) is 16.7 Å². The molecule has 0 atom stereocenters. The fourth-order valence-corrected chi connectivity index (χ4v) is 4.14. The second-order valence-electron chi connectivity index (χ2n) is 5.79. The van der Waals surface area contributed by atoms with Gasteiger partial charge in [0.1, 0.15) is 5.75 Å². The molecular formula is C17H18N2O4S. The van der Waals surface area contributed by atoms with Crippen molar-refractivity contribution in [1.82, 2.24) is 9.79 Å². The molecule has 6 nitrogen and oxygen atoms in total. The Labute approximate surface area is 140 Å². The minimum Gasteiger partial charge on any atom is -0.289 e. The van der Waals surface area contributed by atoms with E-state index in [0.29, 0.717) is 13.1 Å². The minimum atomic E-state index is -3.67. The highest BCUT2D eigenvalue weighted by molar-refractivity contribution is 7.89. The van der Waals surface area contributed by atoms with Crippen molar-refractivity contribution in [1.29, 1.82) is 0 Å². The summed E-state index contributed by atoms with van der Waals surface area (Å²) < 4.78 is 25.2. The van der Waals surface area contributed by atoms with Crippen LogP contribution < -0.4 is 5.48 Å². The van der Waals surface area contributed by atoms with E-state index in [4.69, 9.17) is 5.21 Å². The molecule has 1 aliphatic rings. The van der Waals surface area contributed by atoms with Crippen molar-refractivity contribution in [2.24, 2.45) is 0 Å². The van der Waals surface area contributed by atoms with Crippen molar-refractivity contribution >= 4 is 15.9 Å². The number of hydroxylamine groups is 1. The Bertz CT molecular complexity index is 813. The molecule has 3 rings (SSSR count). The van der Waals surface area contributed by atoms with Crippen LogP contribution in [-0.2, 0) is 14.8 Å². The second-order valence-corrected chi connectivity index (χ2v) is 7.76. The molecule has 1 saturated heterocycles. The molecule has 1 aliphatic heterocycles. The molecule has 0 spiro atoms. The molecule has 1 heterocycles. The molecular weight excluding hydrogens is 328 g/mol. The van der Waals surface area contributed by atoms with Crippen molar-refractivity contribution in [2.45, 2.75) is 5.92 Å². The Morgan fingerprint density at radius 3 is 2.21 bits per heavy atom. The van der Waals surface area contributed by atoms with E-state index in [2.05, 4.69) is 0 Å². The van der Waals surface area contributed by atoms with Gasteiger partial charge in [-0.1, -0.05) is 54.6 Å². The number of benzene rings is 2. The number of hydrogen-bond acceptors (Lipinski definition) is 4. The highest BCUT2D eigenvalue weighted by Crippen LogP contribution is 2.30. The molecule has 1 fully saturated rings. The first kappa shape index (κ1) is 16.6. The highest BCUT2D eigenvalue weighted by atomic mass is 32.2. The van der Waals surface area contributed by atoms with Crippen molar-refractivity contribution in [3.8, 4) is 11.1 Å². The van der Waals surface area contributed by atoms with Gasteiger partial charge in [0, 0.05) is 19.0 Å². The molecule has 2 aromatic carbocycles. The van der Waals surface area contributed by atoms with Gasteiger partial charge in [-0.2, -0.15) is 0 Å². The summed E-state index contributed by atoms with van der Waals surface area (Å²) in [4.78, 5) is 11.0. The van der Waals surface area contributed by atoms with E-state index in [1.54, 1.807) is 0 Å². The third-order valence-electron chi connectivity index (χ3n) is 4.17. The standard InChI is InChI=1S/C17H18N2O4S/c20-17(18-21)12-24(22,23)19-10-16(11-19)15-8-6-14(7-9-15)13-4-2-1-3-5-13/h1-9,16,21H,10-12H2,(H,18,20). The number of nitrogens with one attached hydrogen (secondary N) is 1. The normalized spacial score (nSPS) is 15.7. The largest absolute Gasteiger partial charge is 0.289 e. The van der Waals surface area contributed by atoms with Gasteiger partial charge < -0.3 is 0 Å². The summed E-state index contributed by atoms with van der Waals surface area (Å²) in [5, 5.41) is 8.44. The van der Waals surface area contributed by atoms with Gasteiger partial charge in [0.05, 0.1) is 0 Å². The lowest BCUT2D eigenvalue weighted by Crippen LogP contribution is -2.50. The molecule has 0 bridgehead atoms. The minimum absolute atomic E-state index is 0.127. The Morgan fingerprint density at radius 2 is 1.62 bits per heavy atom. The number of sulfonamides is 1. The zero-order chi connectivity index (χ0) is 17.2. The highest BCUT2D eigenvalue weighted by Gasteiger charge is 2.37. The fourth-order valence-electron chi connectivity index (χ4n) is 2.74. The molecule has 0 radical (unpaired) electrons. The zero-order valence-corrected chi connectivity index (χ0v) is 13.7. The van der Waals surface area contributed by atoms with Crippen molar-refractivity contribution in [3.63, 3.8) is 0 Å². The van der Waals surface area contributed by atoms with Crippen LogP contribution in [0.3, 0.4) is 0 Å². The number of carbonyl (C=O) groups excluding carboxylic acids is 1. The first-order valence-corrected chi connectivity index (χ1v) is 9.16. The zero-order valence-electron chi connectivity index (χ0n) is 12.9. The maximum atomic E-state index is 12.0. The maximum absolute atomic E-state index is 12.0. The van der Waals surface area contributed by atoms with Crippen molar-refractivity contribution in [3.05, 3.63) is 60.2 Å².